The number of pyridine rings is 1. The van der Waals surface area contributed by atoms with Gasteiger partial charge in [0.15, 0.2) is 0 Å². The van der Waals surface area contributed by atoms with E-state index in [1.54, 1.807) is 24.0 Å². The Balaban J connectivity index is 1.35. The van der Waals surface area contributed by atoms with Crippen LogP contribution in [0.2, 0.25) is 0 Å². The summed E-state index contributed by atoms with van der Waals surface area (Å²) >= 11 is 1.46. The third kappa shape index (κ3) is 4.21. The number of carbonyl (C=O) groups excluding carboxylic acids is 1. The van der Waals surface area contributed by atoms with E-state index in [-0.39, 0.29) is 11.9 Å². The highest BCUT2D eigenvalue weighted by atomic mass is 32.1. The average Bonchev–Trinajstić information content (AvgIpc) is 3.34. The van der Waals surface area contributed by atoms with Crippen molar-refractivity contribution in [2.45, 2.75) is 0 Å². The molecule has 0 aliphatic carbocycles. The first-order valence-corrected chi connectivity index (χ1v) is 10.8. The van der Waals surface area contributed by atoms with E-state index in [1.807, 2.05) is 24.3 Å². The topological polar surface area (TPSA) is 100 Å². The van der Waals surface area contributed by atoms with Gasteiger partial charge in [-0.15, -0.1) is 10.2 Å². The summed E-state index contributed by atoms with van der Waals surface area (Å²) in [7, 11) is 2.11. The molecule has 156 valence electrons. The molecule has 1 fully saturated rings. The van der Waals surface area contributed by atoms with Crippen LogP contribution in [0.3, 0.4) is 0 Å². The van der Waals surface area contributed by atoms with Gasteiger partial charge in [-0.25, -0.2) is 15.0 Å². The Morgan fingerprint density at radius 3 is 2.77 bits per heavy atom. The summed E-state index contributed by atoms with van der Waals surface area (Å²) in [5, 5.41) is 12.5. The van der Waals surface area contributed by atoms with Crippen LogP contribution >= 0.6 is 11.3 Å². The van der Waals surface area contributed by atoms with Gasteiger partial charge in [-0.3, -0.25) is 10.1 Å². The van der Waals surface area contributed by atoms with Crippen LogP contribution in [-0.4, -0.2) is 69.2 Å². The van der Waals surface area contributed by atoms with Crippen LogP contribution in [-0.2, 0) is 0 Å². The summed E-state index contributed by atoms with van der Waals surface area (Å²) in [5.74, 6) is 0.796. The van der Waals surface area contributed by atoms with Crippen LogP contribution in [0.4, 0.5) is 11.8 Å². The number of benzene rings is 1. The second-order valence-corrected chi connectivity index (χ2v) is 8.19. The number of hydrogen-bond acceptors (Lipinski definition) is 9. The van der Waals surface area contributed by atoms with Gasteiger partial charge >= 0.3 is 0 Å². The van der Waals surface area contributed by atoms with Gasteiger partial charge in [0.05, 0.1) is 5.52 Å². The van der Waals surface area contributed by atoms with Crippen LogP contribution in [0.5, 0.6) is 0 Å². The Morgan fingerprint density at radius 1 is 1.10 bits per heavy atom. The fourth-order valence-corrected chi connectivity index (χ4v) is 4.01. The molecule has 1 saturated heterocycles. The minimum atomic E-state index is -0.266. The molecule has 1 aromatic carbocycles. The maximum Gasteiger partial charge on any atom is 0.258 e. The molecule has 31 heavy (non-hydrogen) atoms. The third-order valence-corrected chi connectivity index (χ3v) is 5.99. The van der Waals surface area contributed by atoms with Crippen LogP contribution < -0.4 is 10.2 Å². The molecule has 0 radical (unpaired) electrons. The molecule has 9 nitrogen and oxygen atoms in total. The zero-order valence-electron chi connectivity index (χ0n) is 16.9. The van der Waals surface area contributed by atoms with Crippen molar-refractivity contribution in [1.29, 1.82) is 0 Å². The van der Waals surface area contributed by atoms with Crippen LogP contribution in [0.1, 0.15) is 10.4 Å². The molecular formula is C21H20N8OS. The molecule has 1 N–H and O–H groups in total. The zero-order valence-corrected chi connectivity index (χ0v) is 17.7. The average molecular weight is 433 g/mol. The number of rotatable bonds is 4. The SMILES string of the molecule is CN1CCN(c2cc(C(=O)Nc3ncc4ccc(-c5nncs5)cc4n3)ccn2)CC1. The van der Waals surface area contributed by atoms with Gasteiger partial charge in [0, 0.05) is 55.1 Å². The molecule has 3 aromatic heterocycles. The molecule has 10 heteroatoms. The molecule has 0 saturated carbocycles. The number of nitrogens with zero attached hydrogens (tertiary/aromatic N) is 7. The van der Waals surface area contributed by atoms with Gasteiger partial charge in [0.2, 0.25) is 5.95 Å². The van der Waals surface area contributed by atoms with Gasteiger partial charge in [-0.05, 0) is 25.2 Å². The van der Waals surface area contributed by atoms with E-state index in [0.29, 0.717) is 5.56 Å². The molecule has 1 aliphatic rings. The van der Waals surface area contributed by atoms with E-state index in [9.17, 15) is 4.79 Å². The Kier molecular flexibility index (Phi) is 5.23. The molecule has 0 spiro atoms. The fraction of sp³-hybridized carbons (Fsp3) is 0.238. The number of fused-ring (bicyclic) bond motifs is 1. The third-order valence-electron chi connectivity index (χ3n) is 5.25. The lowest BCUT2D eigenvalue weighted by Crippen LogP contribution is -2.44. The summed E-state index contributed by atoms with van der Waals surface area (Å²) in [6, 6.07) is 9.33. The predicted octanol–water partition coefficient (Wildman–Crippen LogP) is 2.55. The normalized spacial score (nSPS) is 14.7. The summed E-state index contributed by atoms with van der Waals surface area (Å²) < 4.78 is 0. The van der Waals surface area contributed by atoms with Crippen molar-refractivity contribution in [2.75, 3.05) is 43.4 Å². The van der Waals surface area contributed by atoms with E-state index in [4.69, 9.17) is 0 Å². The maximum absolute atomic E-state index is 12.8. The molecule has 5 rings (SSSR count). The van der Waals surface area contributed by atoms with Gasteiger partial charge in [-0.1, -0.05) is 23.5 Å². The standard InChI is InChI=1S/C21H20N8OS/c1-28-6-8-29(9-7-28)18-11-14(4-5-22-18)19(30)26-21-23-12-16-3-2-15(10-17(16)25-21)20-27-24-13-31-20/h2-5,10-13H,6-9H2,1H3,(H,23,25,26,30). The lowest BCUT2D eigenvalue weighted by Gasteiger charge is -2.33. The van der Waals surface area contributed by atoms with Gasteiger partial charge in [0.1, 0.15) is 16.3 Å². The molecular weight excluding hydrogens is 412 g/mol. The Bertz CT molecular complexity index is 1220. The van der Waals surface area contributed by atoms with Crippen molar-refractivity contribution in [1.82, 2.24) is 30.0 Å². The van der Waals surface area contributed by atoms with Crippen molar-refractivity contribution >= 4 is 39.9 Å². The first-order valence-electron chi connectivity index (χ1n) is 9.90. The second kappa shape index (κ2) is 8.32. The predicted molar refractivity (Wildman–Crippen MR) is 120 cm³/mol. The first kappa shape index (κ1) is 19.5. The number of aromatic nitrogens is 5. The summed E-state index contributed by atoms with van der Waals surface area (Å²) in [6.07, 6.45) is 3.36. The van der Waals surface area contributed by atoms with Crippen molar-refractivity contribution in [3.8, 4) is 10.6 Å². The monoisotopic (exact) mass is 432 g/mol. The van der Waals surface area contributed by atoms with Crippen LogP contribution in [0.15, 0.2) is 48.2 Å². The number of nitrogens with one attached hydrogen (secondary N) is 1. The fourth-order valence-electron chi connectivity index (χ4n) is 3.46. The van der Waals surface area contributed by atoms with Crippen molar-refractivity contribution < 1.29 is 4.79 Å². The lowest BCUT2D eigenvalue weighted by molar-refractivity contribution is 0.102. The molecule has 0 unspecified atom stereocenters. The maximum atomic E-state index is 12.8. The molecule has 0 atom stereocenters. The molecule has 4 heterocycles. The second-order valence-electron chi connectivity index (χ2n) is 7.36. The highest BCUT2D eigenvalue weighted by Crippen LogP contribution is 2.24. The van der Waals surface area contributed by atoms with Gasteiger partial charge in [0.25, 0.3) is 5.91 Å². The van der Waals surface area contributed by atoms with Crippen LogP contribution in [0, 0.1) is 0 Å². The quantitative estimate of drug-likeness (QED) is 0.525. The van der Waals surface area contributed by atoms with Crippen molar-refractivity contribution in [3.05, 3.63) is 53.8 Å². The van der Waals surface area contributed by atoms with E-state index in [0.717, 1.165) is 53.5 Å². The summed E-state index contributed by atoms with van der Waals surface area (Å²) in [5.41, 5.74) is 3.87. The van der Waals surface area contributed by atoms with Crippen molar-refractivity contribution in [2.24, 2.45) is 0 Å². The summed E-state index contributed by atoms with van der Waals surface area (Å²) in [6.45, 7) is 3.72. The Hall–Kier alpha value is -3.50. The smallest absolute Gasteiger partial charge is 0.258 e. The highest BCUT2D eigenvalue weighted by molar-refractivity contribution is 7.12. The van der Waals surface area contributed by atoms with E-state index >= 15 is 0 Å². The molecule has 4 aromatic rings. The van der Waals surface area contributed by atoms with E-state index < -0.39 is 0 Å². The molecule has 0 bridgehead atoms. The Labute approximate surface area is 182 Å². The summed E-state index contributed by atoms with van der Waals surface area (Å²) in [4.78, 5) is 30.5. The number of amides is 1. The largest absolute Gasteiger partial charge is 0.354 e. The number of likely N-dealkylation sites (N-methyl/N-ethyl adjacent to an activating group) is 1. The minimum Gasteiger partial charge on any atom is -0.354 e. The van der Waals surface area contributed by atoms with Gasteiger partial charge in [-0.2, -0.15) is 0 Å². The molecule has 1 aliphatic heterocycles. The highest BCUT2D eigenvalue weighted by Gasteiger charge is 2.17. The van der Waals surface area contributed by atoms with E-state index in [2.05, 4.69) is 47.3 Å². The Morgan fingerprint density at radius 2 is 1.97 bits per heavy atom. The number of anilines is 2. The lowest BCUT2D eigenvalue weighted by atomic mass is 10.1. The number of hydrogen-bond donors (Lipinski definition) is 1. The molecule has 1 amide bonds. The zero-order chi connectivity index (χ0) is 21.2. The van der Waals surface area contributed by atoms with Crippen LogP contribution in [0.25, 0.3) is 21.5 Å². The van der Waals surface area contributed by atoms with E-state index in [1.165, 1.54) is 11.3 Å². The first-order chi connectivity index (χ1) is 15.2. The number of carbonyl (C=O) groups is 1. The van der Waals surface area contributed by atoms with Crippen molar-refractivity contribution in [3.63, 3.8) is 0 Å². The van der Waals surface area contributed by atoms with Gasteiger partial charge < -0.3 is 9.80 Å². The number of piperazine rings is 1. The minimum absolute atomic E-state index is 0.255.